The van der Waals surface area contributed by atoms with Crippen LogP contribution in [0.5, 0.6) is 0 Å². The summed E-state index contributed by atoms with van der Waals surface area (Å²) < 4.78 is 3.67. The van der Waals surface area contributed by atoms with Crippen molar-refractivity contribution < 1.29 is 0 Å². The van der Waals surface area contributed by atoms with E-state index in [1.54, 1.807) is 0 Å². The summed E-state index contributed by atoms with van der Waals surface area (Å²) in [6, 6.07) is 0. The lowest BCUT2D eigenvalue weighted by molar-refractivity contribution is 1.10. The van der Waals surface area contributed by atoms with E-state index in [4.69, 9.17) is 16.9 Å². The van der Waals surface area contributed by atoms with Crippen LogP contribution in [0.3, 0.4) is 0 Å². The second kappa shape index (κ2) is 4.54. The zero-order valence-corrected chi connectivity index (χ0v) is 7.05. The summed E-state index contributed by atoms with van der Waals surface area (Å²) in [5.41, 5.74) is 10.4. The summed E-state index contributed by atoms with van der Waals surface area (Å²) in [4.78, 5) is 0. The number of hydrogen-bond acceptors (Lipinski definition) is 2. The van der Waals surface area contributed by atoms with Gasteiger partial charge in [0.1, 0.15) is 5.84 Å². The van der Waals surface area contributed by atoms with E-state index in [-0.39, 0.29) is 5.84 Å². The van der Waals surface area contributed by atoms with E-state index in [9.17, 15) is 0 Å². The fraction of sp³-hybridized carbons (Fsp3) is 0.500. The Labute approximate surface area is 67.7 Å². The summed E-state index contributed by atoms with van der Waals surface area (Å²) in [6.07, 6.45) is 1.08. The number of nitrogens with one attached hydrogen (secondary N) is 1. The Hall–Kier alpha value is -0.330. The van der Waals surface area contributed by atoms with Gasteiger partial charge in [0.25, 0.3) is 0 Å². The van der Waals surface area contributed by atoms with Crippen LogP contribution in [0.2, 0.25) is 0 Å². The van der Waals surface area contributed by atoms with Crippen molar-refractivity contribution in [3.05, 3.63) is 0 Å². The first-order valence-corrected chi connectivity index (χ1v) is 3.39. The topological polar surface area (TPSA) is 88.2 Å². The largest absolute Gasteiger partial charge is 0.388 e. The van der Waals surface area contributed by atoms with Crippen molar-refractivity contribution in [2.24, 2.45) is 14.7 Å². The third-order valence-corrected chi connectivity index (χ3v) is 1.38. The molecule has 0 rings (SSSR count). The van der Waals surface area contributed by atoms with E-state index in [1.165, 1.54) is 0 Å². The lowest BCUT2D eigenvalue weighted by atomic mass is 10.3. The molecule has 0 aromatic rings. The molecule has 5 N–H and O–H groups in total. The Morgan fingerprint density at radius 3 is 2.33 bits per heavy atom. The van der Waals surface area contributed by atoms with Crippen molar-refractivity contribution in [1.29, 1.82) is 5.41 Å². The van der Waals surface area contributed by atoms with Crippen molar-refractivity contribution >= 4 is 34.5 Å². The van der Waals surface area contributed by atoms with Gasteiger partial charge in [0.15, 0.2) is 0 Å². The summed E-state index contributed by atoms with van der Waals surface area (Å²) in [5, 5.41) is 6.83. The van der Waals surface area contributed by atoms with Crippen molar-refractivity contribution in [3.63, 3.8) is 0 Å². The van der Waals surface area contributed by atoms with E-state index in [1.807, 2.05) is 22.9 Å². The molecule has 0 aromatic heterocycles. The lowest BCUT2D eigenvalue weighted by Crippen LogP contribution is -2.16. The van der Waals surface area contributed by atoms with E-state index >= 15 is 0 Å². The molecule has 9 heavy (non-hydrogen) atoms. The molecule has 0 radical (unpaired) electrons. The first-order valence-electron chi connectivity index (χ1n) is 2.43. The maximum Gasteiger partial charge on any atom is 0.106 e. The number of amidine groups is 2. The van der Waals surface area contributed by atoms with Crippen molar-refractivity contribution in [3.8, 4) is 0 Å². The average molecular weight is 240 g/mol. The Morgan fingerprint density at radius 1 is 1.44 bits per heavy atom. The Balaban J connectivity index is 3.39. The highest BCUT2D eigenvalue weighted by molar-refractivity contribution is 14.1. The number of nitrogens with two attached hydrogens (primary N) is 2. The molecule has 0 aliphatic heterocycles. The molecular weight excluding hydrogens is 231 g/mol. The van der Waals surface area contributed by atoms with Gasteiger partial charge >= 0.3 is 0 Å². The molecule has 52 valence electrons. The van der Waals surface area contributed by atoms with Gasteiger partial charge in [0, 0.05) is 12.8 Å². The quantitative estimate of drug-likeness (QED) is 0.379. The minimum Gasteiger partial charge on any atom is -0.388 e. The predicted octanol–water partition coefficient (Wildman–Crippen LogP) is 0.410. The van der Waals surface area contributed by atoms with Gasteiger partial charge < -0.3 is 11.5 Å². The van der Waals surface area contributed by atoms with Crippen molar-refractivity contribution in [1.82, 2.24) is 0 Å². The average Bonchev–Trinajstić information content (AvgIpc) is 1.83. The Bertz CT molecular complexity index is 131. The van der Waals surface area contributed by atoms with Crippen molar-refractivity contribution in [2.75, 3.05) is 0 Å². The molecule has 0 saturated heterocycles. The Morgan fingerprint density at radius 2 is 2.00 bits per heavy atom. The first-order chi connectivity index (χ1) is 4.16. The summed E-state index contributed by atoms with van der Waals surface area (Å²) in [6.45, 7) is 0. The zero-order valence-electron chi connectivity index (χ0n) is 4.89. The molecular formula is C4H9IN4. The van der Waals surface area contributed by atoms with Gasteiger partial charge in [-0.3, -0.25) is 5.41 Å². The summed E-state index contributed by atoms with van der Waals surface area (Å²) >= 11 is 1.81. The third kappa shape index (κ3) is 5.54. The van der Waals surface area contributed by atoms with Crippen LogP contribution < -0.4 is 11.5 Å². The van der Waals surface area contributed by atoms with Crippen LogP contribution in [0.4, 0.5) is 0 Å². The van der Waals surface area contributed by atoms with Crippen LogP contribution in [0, 0.1) is 5.41 Å². The number of hydrogen-bond donors (Lipinski definition) is 3. The standard InChI is InChI=1S/C4H9IN4/c5-9-4(8)2-1-3(6)7/h1-2H2,(H3,6,7)(H2,8,9). The molecule has 0 atom stereocenters. The second-order valence-corrected chi connectivity index (χ2v) is 2.08. The van der Waals surface area contributed by atoms with E-state index in [0.717, 1.165) is 0 Å². The molecule has 0 spiro atoms. The van der Waals surface area contributed by atoms with Crippen LogP contribution in [-0.2, 0) is 0 Å². The molecule has 0 aromatic carbocycles. The highest BCUT2D eigenvalue weighted by Gasteiger charge is 1.92. The third-order valence-electron chi connectivity index (χ3n) is 0.759. The van der Waals surface area contributed by atoms with E-state index in [0.29, 0.717) is 18.7 Å². The van der Waals surface area contributed by atoms with Crippen LogP contribution >= 0.6 is 22.9 Å². The molecule has 0 aliphatic carbocycles. The molecule has 0 aliphatic rings. The van der Waals surface area contributed by atoms with Gasteiger partial charge in [0.05, 0.1) is 28.7 Å². The van der Waals surface area contributed by atoms with Gasteiger partial charge in [-0.25, -0.2) is 3.21 Å². The van der Waals surface area contributed by atoms with Gasteiger partial charge in [-0.2, -0.15) is 0 Å². The highest BCUT2D eigenvalue weighted by atomic mass is 127. The SMILES string of the molecule is N=C(N)CCC(N)=NI. The predicted molar refractivity (Wildman–Crippen MR) is 46.8 cm³/mol. The molecule has 0 fully saturated rings. The normalized spacial score (nSPS) is 11.4. The molecule has 4 nitrogen and oxygen atoms in total. The molecule has 0 heterocycles. The van der Waals surface area contributed by atoms with Gasteiger partial charge in [0.2, 0.25) is 0 Å². The number of halogens is 1. The smallest absolute Gasteiger partial charge is 0.106 e. The maximum atomic E-state index is 6.83. The molecule has 0 unspecified atom stereocenters. The lowest BCUT2D eigenvalue weighted by Gasteiger charge is -1.94. The molecule has 0 amide bonds. The monoisotopic (exact) mass is 240 g/mol. The van der Waals surface area contributed by atoms with Crippen LogP contribution in [-0.4, -0.2) is 11.7 Å². The molecule has 0 saturated carbocycles. The Kier molecular flexibility index (Phi) is 4.37. The van der Waals surface area contributed by atoms with Crippen LogP contribution in [0.25, 0.3) is 0 Å². The highest BCUT2D eigenvalue weighted by Crippen LogP contribution is 1.91. The van der Waals surface area contributed by atoms with Gasteiger partial charge in [-0.05, 0) is 0 Å². The first kappa shape index (κ1) is 8.67. The second-order valence-electron chi connectivity index (χ2n) is 1.60. The summed E-state index contributed by atoms with van der Waals surface area (Å²) in [7, 11) is 0. The molecule has 5 heteroatoms. The fourth-order valence-electron chi connectivity index (χ4n) is 0.305. The molecule has 0 bridgehead atoms. The van der Waals surface area contributed by atoms with Crippen LogP contribution in [0.1, 0.15) is 12.8 Å². The minimum atomic E-state index is 0.151. The maximum absolute atomic E-state index is 6.83. The fourth-order valence-corrected chi connectivity index (χ4v) is 0.546. The summed E-state index contributed by atoms with van der Waals surface area (Å²) in [5.74, 6) is 0.684. The van der Waals surface area contributed by atoms with Crippen LogP contribution in [0.15, 0.2) is 3.21 Å². The zero-order chi connectivity index (χ0) is 7.28. The van der Waals surface area contributed by atoms with E-state index in [2.05, 4.69) is 3.21 Å². The van der Waals surface area contributed by atoms with Gasteiger partial charge in [-0.1, -0.05) is 0 Å². The van der Waals surface area contributed by atoms with Gasteiger partial charge in [-0.15, -0.1) is 0 Å². The number of nitrogens with zero attached hydrogens (tertiary/aromatic N) is 1. The number of rotatable bonds is 3. The van der Waals surface area contributed by atoms with E-state index < -0.39 is 0 Å². The minimum absolute atomic E-state index is 0.151. The van der Waals surface area contributed by atoms with Crippen molar-refractivity contribution in [2.45, 2.75) is 12.8 Å².